The summed E-state index contributed by atoms with van der Waals surface area (Å²) in [7, 11) is 0. The number of furan rings is 2. The zero-order valence-electron chi connectivity index (χ0n) is 35.4. The van der Waals surface area contributed by atoms with E-state index in [0.29, 0.717) is 11.8 Å². The summed E-state index contributed by atoms with van der Waals surface area (Å²) in [6, 6.07) is 66.8. The number of hydrogen-bond donors (Lipinski definition) is 0. The molecular weight excluding hydrogens is 781 g/mol. The monoisotopic (exact) mass is 824 g/mol. The van der Waals surface area contributed by atoms with Crippen LogP contribution in [0.2, 0.25) is 0 Å². The molecule has 0 N–H and O–H groups in total. The molecule has 12 aromatic rings. The van der Waals surface area contributed by atoms with E-state index in [0.717, 1.165) is 66.6 Å². The van der Waals surface area contributed by atoms with Gasteiger partial charge in [0.05, 0.1) is 22.7 Å². The predicted molar refractivity (Wildman–Crippen MR) is 267 cm³/mol. The molecule has 0 amide bonds. The molecule has 0 unspecified atom stereocenters. The van der Waals surface area contributed by atoms with Crippen LogP contribution in [0.5, 0.6) is 0 Å². The highest BCUT2D eigenvalue weighted by Crippen LogP contribution is 2.55. The summed E-state index contributed by atoms with van der Waals surface area (Å²) >= 11 is 0. The molecule has 2 heterocycles. The topological polar surface area (TPSA) is 32.8 Å². The third kappa shape index (κ3) is 5.23. The van der Waals surface area contributed by atoms with E-state index >= 15 is 0 Å². The van der Waals surface area contributed by atoms with Gasteiger partial charge < -0.3 is 18.6 Å². The Morgan fingerprint density at radius 3 is 1.14 bits per heavy atom. The summed E-state index contributed by atoms with van der Waals surface area (Å²) in [5.74, 6) is 1.00. The SMILES string of the molecule is c1ccc(N(c2cc(C3CCC3)c3ccc4c(N(c5ccccc5)c5cccc6c5oc5ccccc56)cc(C5CCC5)c5ccc2c3c54)c2cccc3c2oc2ccccc23)cc1. The lowest BCUT2D eigenvalue weighted by Crippen LogP contribution is -2.16. The van der Waals surface area contributed by atoms with Gasteiger partial charge in [-0.2, -0.15) is 0 Å². The first-order chi connectivity index (χ1) is 31.8. The van der Waals surface area contributed by atoms with Crippen molar-refractivity contribution in [3.63, 3.8) is 0 Å². The van der Waals surface area contributed by atoms with Gasteiger partial charge >= 0.3 is 0 Å². The van der Waals surface area contributed by atoms with E-state index < -0.39 is 0 Å². The summed E-state index contributed by atoms with van der Waals surface area (Å²) in [6.45, 7) is 0. The van der Waals surface area contributed by atoms with E-state index in [4.69, 9.17) is 8.83 Å². The summed E-state index contributed by atoms with van der Waals surface area (Å²) < 4.78 is 13.6. The Balaban J connectivity index is 1.11. The molecule has 2 aliphatic carbocycles. The van der Waals surface area contributed by atoms with Crippen LogP contribution >= 0.6 is 0 Å². The Morgan fingerprint density at radius 2 is 0.719 bits per heavy atom. The first-order valence-corrected chi connectivity index (χ1v) is 23.1. The van der Waals surface area contributed by atoms with Crippen molar-refractivity contribution < 1.29 is 8.83 Å². The fraction of sp³-hybridized carbons (Fsp3) is 0.133. The minimum absolute atomic E-state index is 0.500. The molecule has 64 heavy (non-hydrogen) atoms. The Hall–Kier alpha value is -7.56. The van der Waals surface area contributed by atoms with Crippen molar-refractivity contribution in [3.05, 3.63) is 193 Å². The summed E-state index contributed by atoms with van der Waals surface area (Å²) in [5, 5.41) is 12.5. The summed E-state index contributed by atoms with van der Waals surface area (Å²) in [4.78, 5) is 4.95. The molecule has 2 fully saturated rings. The summed E-state index contributed by atoms with van der Waals surface area (Å²) in [6.07, 6.45) is 7.34. The van der Waals surface area contributed by atoms with Crippen molar-refractivity contribution in [1.82, 2.24) is 0 Å². The molecule has 0 saturated heterocycles. The van der Waals surface area contributed by atoms with Gasteiger partial charge in [-0.05, 0) is 131 Å². The van der Waals surface area contributed by atoms with Gasteiger partial charge in [-0.1, -0.05) is 134 Å². The van der Waals surface area contributed by atoms with Gasteiger partial charge in [-0.25, -0.2) is 0 Å². The van der Waals surface area contributed by atoms with Gasteiger partial charge in [0.2, 0.25) is 0 Å². The Kier molecular flexibility index (Phi) is 7.85. The number of benzene rings is 10. The lowest BCUT2D eigenvalue weighted by Gasteiger charge is -2.34. The molecule has 10 aromatic carbocycles. The molecule has 0 bridgehead atoms. The van der Waals surface area contributed by atoms with E-state index in [2.05, 4.69) is 192 Å². The number of rotatable bonds is 8. The quantitative estimate of drug-likeness (QED) is 0.143. The van der Waals surface area contributed by atoms with Crippen LogP contribution < -0.4 is 9.80 Å². The standard InChI is InChI=1S/C60H44N2O2/c1-3-19-39(20-4-1)61(51-27-13-25-45-41-23-7-9-29-55(41)63-59(45)51)53-35-49(37-15-11-16-37)43-32-34-48-54(36-50(38-17-12-18-38)44-31-33-47(53)57(43)58(44)48)62(40-21-5-2-6-22-40)52-28-14-26-46-42-24-8-10-30-56(42)64-60(46)52/h1-10,13-14,19-38H,11-12,15-18H2. The fourth-order valence-electron chi connectivity index (χ4n) is 11.3. The van der Waals surface area contributed by atoms with Gasteiger partial charge in [0.15, 0.2) is 11.2 Å². The van der Waals surface area contributed by atoms with Crippen molar-refractivity contribution in [2.75, 3.05) is 9.80 Å². The molecule has 0 atom stereocenters. The van der Waals surface area contributed by atoms with Crippen LogP contribution in [0.15, 0.2) is 191 Å². The number of para-hydroxylation sites is 6. The number of hydrogen-bond acceptors (Lipinski definition) is 4. The molecule has 0 radical (unpaired) electrons. The Morgan fingerprint density at radius 1 is 0.328 bits per heavy atom. The van der Waals surface area contributed by atoms with E-state index in [-0.39, 0.29) is 0 Å². The molecule has 0 spiro atoms. The maximum atomic E-state index is 6.82. The van der Waals surface area contributed by atoms with Gasteiger partial charge in [-0.15, -0.1) is 0 Å². The first kappa shape index (κ1) is 36.0. The second-order valence-electron chi connectivity index (χ2n) is 18.1. The van der Waals surface area contributed by atoms with Crippen LogP contribution in [0.4, 0.5) is 34.1 Å². The molecule has 4 nitrogen and oxygen atoms in total. The van der Waals surface area contributed by atoms with Crippen molar-refractivity contribution in [2.45, 2.75) is 50.4 Å². The Bertz CT molecular complexity index is 3510. The number of nitrogens with zero attached hydrogens (tertiary/aromatic N) is 2. The summed E-state index contributed by atoms with van der Waals surface area (Å²) in [5.41, 5.74) is 13.2. The van der Waals surface area contributed by atoms with Crippen molar-refractivity contribution >= 4 is 110 Å². The molecule has 2 saturated carbocycles. The van der Waals surface area contributed by atoms with Gasteiger partial charge in [-0.3, -0.25) is 0 Å². The molecule has 0 aliphatic heterocycles. The van der Waals surface area contributed by atoms with Crippen LogP contribution in [0.25, 0.3) is 76.2 Å². The van der Waals surface area contributed by atoms with Gasteiger partial charge in [0.1, 0.15) is 11.2 Å². The maximum absolute atomic E-state index is 6.82. The normalized spacial score (nSPS) is 14.7. The third-order valence-corrected chi connectivity index (χ3v) is 14.8. The largest absolute Gasteiger partial charge is 0.454 e. The predicted octanol–water partition coefficient (Wildman–Crippen LogP) is 17.9. The average molecular weight is 825 g/mol. The zero-order chi connectivity index (χ0) is 41.9. The minimum atomic E-state index is 0.500. The highest BCUT2D eigenvalue weighted by molar-refractivity contribution is 6.30. The van der Waals surface area contributed by atoms with Crippen LogP contribution in [0, 0.1) is 0 Å². The average Bonchev–Trinajstić information content (AvgIpc) is 3.89. The second kappa shape index (κ2) is 14.0. The fourth-order valence-corrected chi connectivity index (χ4v) is 11.3. The van der Waals surface area contributed by atoms with E-state index in [9.17, 15) is 0 Å². The Labute approximate surface area is 370 Å². The second-order valence-corrected chi connectivity index (χ2v) is 18.1. The molecule has 4 heteroatoms. The molecule has 2 aliphatic rings. The number of fused-ring (bicyclic) bond motifs is 6. The van der Waals surface area contributed by atoms with E-state index in [1.807, 2.05) is 0 Å². The van der Waals surface area contributed by atoms with Crippen molar-refractivity contribution in [1.29, 1.82) is 0 Å². The smallest absolute Gasteiger partial charge is 0.159 e. The van der Waals surface area contributed by atoms with Gasteiger partial charge in [0.25, 0.3) is 0 Å². The molecule has 2 aromatic heterocycles. The van der Waals surface area contributed by atoms with Crippen molar-refractivity contribution in [2.24, 2.45) is 0 Å². The van der Waals surface area contributed by atoms with Crippen LogP contribution in [0.3, 0.4) is 0 Å². The van der Waals surface area contributed by atoms with Crippen molar-refractivity contribution in [3.8, 4) is 0 Å². The van der Waals surface area contributed by atoms with Crippen LogP contribution in [-0.4, -0.2) is 0 Å². The first-order valence-electron chi connectivity index (χ1n) is 23.1. The maximum Gasteiger partial charge on any atom is 0.159 e. The molecule has 306 valence electrons. The van der Waals surface area contributed by atoms with Gasteiger partial charge in [0, 0.05) is 43.7 Å². The minimum Gasteiger partial charge on any atom is -0.454 e. The molecular formula is C60H44N2O2. The lowest BCUT2D eigenvalue weighted by molar-refractivity contribution is 0.422. The zero-order valence-corrected chi connectivity index (χ0v) is 35.4. The van der Waals surface area contributed by atoms with E-state index in [1.54, 1.807) is 0 Å². The highest BCUT2D eigenvalue weighted by atomic mass is 16.3. The number of anilines is 6. The van der Waals surface area contributed by atoms with E-state index in [1.165, 1.54) is 93.3 Å². The highest BCUT2D eigenvalue weighted by Gasteiger charge is 2.32. The van der Waals surface area contributed by atoms with Crippen LogP contribution in [0.1, 0.15) is 61.5 Å². The van der Waals surface area contributed by atoms with Crippen LogP contribution in [-0.2, 0) is 0 Å². The molecule has 14 rings (SSSR count). The lowest BCUT2D eigenvalue weighted by atomic mass is 9.74. The third-order valence-electron chi connectivity index (χ3n) is 14.8.